The van der Waals surface area contributed by atoms with Crippen molar-refractivity contribution in [2.24, 2.45) is 5.92 Å². The first-order chi connectivity index (χ1) is 4.74. The zero-order valence-electron chi connectivity index (χ0n) is 6.48. The average Bonchev–Trinajstić information content (AvgIpc) is 2.68. The molecule has 0 saturated heterocycles. The fourth-order valence-electron chi connectivity index (χ4n) is 0.993. The van der Waals surface area contributed by atoms with E-state index in [1.807, 2.05) is 6.92 Å². The van der Waals surface area contributed by atoms with Crippen LogP contribution < -0.4 is 10.6 Å². The third kappa shape index (κ3) is 1.90. The highest BCUT2D eigenvalue weighted by atomic mass is 16.2. The molecule has 2 N–H and O–H groups in total. The molecule has 0 aliphatic heterocycles. The lowest BCUT2D eigenvalue weighted by molar-refractivity contribution is 0.238. The minimum atomic E-state index is -0.0700. The zero-order valence-corrected chi connectivity index (χ0v) is 6.48. The molecule has 1 unspecified atom stereocenters. The van der Waals surface area contributed by atoms with Gasteiger partial charge >= 0.3 is 6.03 Å². The molecule has 1 aliphatic carbocycles. The molecule has 1 atom stereocenters. The molecule has 3 heteroatoms. The second kappa shape index (κ2) is 2.90. The van der Waals surface area contributed by atoms with Crippen molar-refractivity contribution in [1.29, 1.82) is 0 Å². The third-order valence-electron chi connectivity index (χ3n) is 1.91. The van der Waals surface area contributed by atoms with Crippen LogP contribution >= 0.6 is 0 Å². The van der Waals surface area contributed by atoms with E-state index >= 15 is 0 Å². The molecule has 0 radical (unpaired) electrons. The SMILES string of the molecule is CNC(=O)NC(C)C1CC1. The number of amides is 2. The predicted octanol–water partition coefficient (Wildman–Crippen LogP) is 0.714. The van der Waals surface area contributed by atoms with Crippen molar-refractivity contribution in [1.82, 2.24) is 10.6 Å². The van der Waals surface area contributed by atoms with E-state index in [9.17, 15) is 4.79 Å². The van der Waals surface area contributed by atoms with Crippen LogP contribution in [0.2, 0.25) is 0 Å². The van der Waals surface area contributed by atoms with E-state index in [1.165, 1.54) is 12.8 Å². The van der Waals surface area contributed by atoms with Gasteiger partial charge in [-0.3, -0.25) is 0 Å². The molecule has 10 heavy (non-hydrogen) atoms. The van der Waals surface area contributed by atoms with E-state index in [0.717, 1.165) is 5.92 Å². The Hall–Kier alpha value is -0.730. The summed E-state index contributed by atoms with van der Waals surface area (Å²) >= 11 is 0. The van der Waals surface area contributed by atoms with Crippen LogP contribution in [0.4, 0.5) is 4.79 Å². The fourth-order valence-corrected chi connectivity index (χ4v) is 0.993. The van der Waals surface area contributed by atoms with Crippen molar-refractivity contribution < 1.29 is 4.79 Å². The van der Waals surface area contributed by atoms with Gasteiger partial charge in [-0.15, -0.1) is 0 Å². The summed E-state index contributed by atoms with van der Waals surface area (Å²) in [6, 6.07) is 0.277. The summed E-state index contributed by atoms with van der Waals surface area (Å²) in [7, 11) is 1.63. The molecule has 1 saturated carbocycles. The summed E-state index contributed by atoms with van der Waals surface area (Å²) < 4.78 is 0. The van der Waals surface area contributed by atoms with Crippen LogP contribution in [0.15, 0.2) is 0 Å². The van der Waals surface area contributed by atoms with Crippen LogP contribution in [0.25, 0.3) is 0 Å². The number of urea groups is 1. The van der Waals surface area contributed by atoms with E-state index < -0.39 is 0 Å². The van der Waals surface area contributed by atoms with Crippen molar-refractivity contribution in [2.45, 2.75) is 25.8 Å². The quantitative estimate of drug-likeness (QED) is 0.586. The van der Waals surface area contributed by atoms with E-state index in [2.05, 4.69) is 10.6 Å². The van der Waals surface area contributed by atoms with Gasteiger partial charge in [0.2, 0.25) is 0 Å². The monoisotopic (exact) mass is 142 g/mol. The van der Waals surface area contributed by atoms with Gasteiger partial charge in [0.25, 0.3) is 0 Å². The largest absolute Gasteiger partial charge is 0.341 e. The number of hydrogen-bond acceptors (Lipinski definition) is 1. The van der Waals surface area contributed by atoms with Gasteiger partial charge in [0.05, 0.1) is 0 Å². The van der Waals surface area contributed by atoms with Crippen molar-refractivity contribution in [3.63, 3.8) is 0 Å². The molecule has 0 aromatic carbocycles. The van der Waals surface area contributed by atoms with Crippen LogP contribution in [0.5, 0.6) is 0 Å². The Labute approximate surface area is 61.2 Å². The smallest absolute Gasteiger partial charge is 0.314 e. The summed E-state index contributed by atoms with van der Waals surface area (Å²) in [6.07, 6.45) is 2.54. The van der Waals surface area contributed by atoms with Crippen LogP contribution in [-0.2, 0) is 0 Å². The van der Waals surface area contributed by atoms with Crippen molar-refractivity contribution in [2.75, 3.05) is 7.05 Å². The Balaban J connectivity index is 2.16. The maximum atomic E-state index is 10.7. The Bertz CT molecular complexity index is 132. The fraction of sp³-hybridized carbons (Fsp3) is 0.857. The molecule has 1 aliphatic rings. The van der Waals surface area contributed by atoms with Gasteiger partial charge in [-0.2, -0.15) is 0 Å². The Morgan fingerprint density at radius 1 is 1.60 bits per heavy atom. The van der Waals surface area contributed by atoms with Crippen molar-refractivity contribution in [3.05, 3.63) is 0 Å². The van der Waals surface area contributed by atoms with Crippen LogP contribution in [-0.4, -0.2) is 19.1 Å². The van der Waals surface area contributed by atoms with Gasteiger partial charge in [-0.1, -0.05) is 0 Å². The van der Waals surface area contributed by atoms with Gasteiger partial charge in [0.1, 0.15) is 0 Å². The number of carbonyl (C=O) groups is 1. The normalized spacial score (nSPS) is 19.8. The number of nitrogens with one attached hydrogen (secondary N) is 2. The summed E-state index contributed by atoms with van der Waals surface area (Å²) in [6.45, 7) is 2.05. The standard InChI is InChI=1S/C7H14N2O/c1-5(6-3-4-6)9-7(10)8-2/h5-6H,3-4H2,1-2H3,(H2,8,9,10). The first kappa shape index (κ1) is 7.38. The van der Waals surface area contributed by atoms with Crippen LogP contribution in [0, 0.1) is 5.92 Å². The molecule has 0 heterocycles. The van der Waals surface area contributed by atoms with Gasteiger partial charge in [0.15, 0.2) is 0 Å². The van der Waals surface area contributed by atoms with E-state index in [0.29, 0.717) is 6.04 Å². The Morgan fingerprint density at radius 2 is 2.20 bits per heavy atom. The highest BCUT2D eigenvalue weighted by Gasteiger charge is 2.28. The molecule has 3 nitrogen and oxygen atoms in total. The minimum absolute atomic E-state index is 0.0700. The molecule has 0 aromatic heterocycles. The molecule has 0 aromatic rings. The highest BCUT2D eigenvalue weighted by Crippen LogP contribution is 2.32. The second-order valence-electron chi connectivity index (χ2n) is 2.85. The lowest BCUT2D eigenvalue weighted by atomic mass is 10.2. The molecule has 0 bridgehead atoms. The molecular weight excluding hydrogens is 128 g/mol. The topological polar surface area (TPSA) is 41.1 Å². The Kier molecular flexibility index (Phi) is 2.14. The molecular formula is C7H14N2O. The van der Waals surface area contributed by atoms with Crippen molar-refractivity contribution in [3.8, 4) is 0 Å². The summed E-state index contributed by atoms with van der Waals surface area (Å²) in [4.78, 5) is 10.7. The van der Waals surface area contributed by atoms with Gasteiger partial charge in [-0.05, 0) is 25.7 Å². The number of carbonyl (C=O) groups excluding carboxylic acids is 1. The summed E-state index contributed by atoms with van der Waals surface area (Å²) in [5.41, 5.74) is 0. The molecule has 2 amide bonds. The molecule has 1 fully saturated rings. The molecule has 1 rings (SSSR count). The third-order valence-corrected chi connectivity index (χ3v) is 1.91. The van der Waals surface area contributed by atoms with E-state index in [-0.39, 0.29) is 6.03 Å². The minimum Gasteiger partial charge on any atom is -0.341 e. The molecule has 0 spiro atoms. The van der Waals surface area contributed by atoms with Gasteiger partial charge in [0, 0.05) is 13.1 Å². The first-order valence-electron chi connectivity index (χ1n) is 3.72. The van der Waals surface area contributed by atoms with Crippen LogP contribution in [0.1, 0.15) is 19.8 Å². The van der Waals surface area contributed by atoms with Crippen molar-refractivity contribution >= 4 is 6.03 Å². The molecule has 58 valence electrons. The number of rotatable bonds is 2. The predicted molar refractivity (Wildman–Crippen MR) is 39.8 cm³/mol. The van der Waals surface area contributed by atoms with Gasteiger partial charge in [-0.25, -0.2) is 4.79 Å². The number of hydrogen-bond donors (Lipinski definition) is 2. The van der Waals surface area contributed by atoms with E-state index in [4.69, 9.17) is 0 Å². The summed E-state index contributed by atoms with van der Waals surface area (Å²) in [5, 5.41) is 5.37. The zero-order chi connectivity index (χ0) is 7.56. The second-order valence-corrected chi connectivity index (χ2v) is 2.85. The van der Waals surface area contributed by atoms with Gasteiger partial charge < -0.3 is 10.6 Å². The van der Waals surface area contributed by atoms with E-state index in [1.54, 1.807) is 7.05 Å². The van der Waals surface area contributed by atoms with Crippen LogP contribution in [0.3, 0.4) is 0 Å². The highest BCUT2D eigenvalue weighted by molar-refractivity contribution is 5.73. The summed E-state index contributed by atoms with van der Waals surface area (Å²) in [5.74, 6) is 0.734. The average molecular weight is 142 g/mol. The first-order valence-corrected chi connectivity index (χ1v) is 3.72. The maximum Gasteiger partial charge on any atom is 0.314 e. The maximum absolute atomic E-state index is 10.7. The lowest BCUT2D eigenvalue weighted by Crippen LogP contribution is -2.39. The Morgan fingerprint density at radius 3 is 2.60 bits per heavy atom. The lowest BCUT2D eigenvalue weighted by Gasteiger charge is -2.11.